The SMILES string of the molecule is COc1ccc(COC[C@@H](O)[C@H]2O[C@H](O)C[C@H]2OCc2ccccc2)cc1. The molecule has 2 aromatic rings. The smallest absolute Gasteiger partial charge is 0.157 e. The topological polar surface area (TPSA) is 77.4 Å². The maximum Gasteiger partial charge on any atom is 0.157 e. The van der Waals surface area contributed by atoms with Crippen LogP contribution in [0, 0.1) is 0 Å². The molecule has 0 unspecified atom stereocenters. The van der Waals surface area contributed by atoms with Gasteiger partial charge in [0, 0.05) is 6.42 Å². The zero-order valence-corrected chi connectivity index (χ0v) is 15.4. The maximum atomic E-state index is 10.4. The highest BCUT2D eigenvalue weighted by Crippen LogP contribution is 2.26. The van der Waals surface area contributed by atoms with E-state index in [0.717, 1.165) is 16.9 Å². The van der Waals surface area contributed by atoms with Gasteiger partial charge >= 0.3 is 0 Å². The van der Waals surface area contributed by atoms with Crippen molar-refractivity contribution in [2.45, 2.75) is 44.2 Å². The molecule has 4 atom stereocenters. The van der Waals surface area contributed by atoms with Crippen molar-refractivity contribution in [1.82, 2.24) is 0 Å². The molecule has 2 aromatic carbocycles. The summed E-state index contributed by atoms with van der Waals surface area (Å²) in [5.41, 5.74) is 2.01. The van der Waals surface area contributed by atoms with Crippen LogP contribution in [-0.2, 0) is 27.4 Å². The van der Waals surface area contributed by atoms with Crippen molar-refractivity contribution in [2.75, 3.05) is 13.7 Å². The molecule has 0 aromatic heterocycles. The third-order valence-electron chi connectivity index (χ3n) is 4.52. The normalized spacial score (nSPS) is 23.3. The van der Waals surface area contributed by atoms with Crippen molar-refractivity contribution in [1.29, 1.82) is 0 Å². The van der Waals surface area contributed by atoms with Gasteiger partial charge in [0.2, 0.25) is 0 Å². The van der Waals surface area contributed by atoms with Gasteiger partial charge in [0.15, 0.2) is 6.29 Å². The summed E-state index contributed by atoms with van der Waals surface area (Å²) in [6, 6.07) is 17.3. The van der Waals surface area contributed by atoms with Crippen LogP contribution in [0.5, 0.6) is 5.75 Å². The van der Waals surface area contributed by atoms with E-state index in [-0.39, 0.29) is 12.7 Å². The summed E-state index contributed by atoms with van der Waals surface area (Å²) >= 11 is 0. The van der Waals surface area contributed by atoms with Crippen molar-refractivity contribution in [2.24, 2.45) is 0 Å². The van der Waals surface area contributed by atoms with Crippen LogP contribution in [0.4, 0.5) is 0 Å². The molecule has 6 heteroatoms. The molecule has 6 nitrogen and oxygen atoms in total. The van der Waals surface area contributed by atoms with E-state index in [1.165, 1.54) is 0 Å². The van der Waals surface area contributed by atoms with Crippen molar-refractivity contribution in [3.05, 3.63) is 65.7 Å². The number of hydrogen-bond acceptors (Lipinski definition) is 6. The highest BCUT2D eigenvalue weighted by Gasteiger charge is 2.39. The monoisotopic (exact) mass is 374 g/mol. The number of hydrogen-bond donors (Lipinski definition) is 2. The van der Waals surface area contributed by atoms with Gasteiger partial charge < -0.3 is 29.2 Å². The fourth-order valence-corrected chi connectivity index (χ4v) is 3.05. The number of aliphatic hydroxyl groups is 2. The first kappa shape index (κ1) is 19.8. The number of aliphatic hydroxyl groups excluding tert-OH is 2. The summed E-state index contributed by atoms with van der Waals surface area (Å²) in [6.45, 7) is 0.859. The Morgan fingerprint density at radius 1 is 1.04 bits per heavy atom. The molecule has 146 valence electrons. The molecule has 0 amide bonds. The third-order valence-corrected chi connectivity index (χ3v) is 4.52. The van der Waals surface area contributed by atoms with Gasteiger partial charge in [0.1, 0.15) is 18.0 Å². The molecule has 0 radical (unpaired) electrons. The summed E-state index contributed by atoms with van der Waals surface area (Å²) in [6.07, 6.45) is -2.51. The average Bonchev–Trinajstić information content (AvgIpc) is 3.08. The van der Waals surface area contributed by atoms with Crippen LogP contribution in [-0.4, -0.2) is 48.5 Å². The zero-order valence-electron chi connectivity index (χ0n) is 15.4. The molecule has 1 heterocycles. The number of ether oxygens (including phenoxy) is 4. The van der Waals surface area contributed by atoms with E-state index in [1.807, 2.05) is 54.6 Å². The summed E-state index contributed by atoms with van der Waals surface area (Å²) in [5.74, 6) is 0.783. The largest absolute Gasteiger partial charge is 0.497 e. The van der Waals surface area contributed by atoms with Crippen molar-refractivity contribution in [3.8, 4) is 5.75 Å². The predicted octanol–water partition coefficient (Wildman–Crippen LogP) is 2.27. The van der Waals surface area contributed by atoms with Crippen molar-refractivity contribution in [3.63, 3.8) is 0 Å². The Bertz CT molecular complexity index is 675. The average molecular weight is 374 g/mol. The molecule has 1 fully saturated rings. The first-order valence-electron chi connectivity index (χ1n) is 9.03. The highest BCUT2D eigenvalue weighted by atomic mass is 16.6. The summed E-state index contributed by atoms with van der Waals surface area (Å²) in [7, 11) is 1.62. The van der Waals surface area contributed by atoms with Crippen LogP contribution in [0.1, 0.15) is 17.5 Å². The van der Waals surface area contributed by atoms with Gasteiger partial charge in [-0.05, 0) is 23.3 Å². The van der Waals surface area contributed by atoms with Crippen LogP contribution < -0.4 is 4.74 Å². The first-order valence-corrected chi connectivity index (χ1v) is 9.03. The van der Waals surface area contributed by atoms with Gasteiger partial charge in [-0.2, -0.15) is 0 Å². The van der Waals surface area contributed by atoms with E-state index in [9.17, 15) is 10.2 Å². The molecule has 1 aliphatic rings. The summed E-state index contributed by atoms with van der Waals surface area (Å²) < 4.78 is 22.0. The maximum absolute atomic E-state index is 10.4. The molecular weight excluding hydrogens is 348 g/mol. The molecule has 2 N–H and O–H groups in total. The Kier molecular flexibility index (Phi) is 7.20. The van der Waals surface area contributed by atoms with Gasteiger partial charge in [-0.3, -0.25) is 0 Å². The van der Waals surface area contributed by atoms with Gasteiger partial charge in [0.25, 0.3) is 0 Å². The minimum absolute atomic E-state index is 0.0919. The Hall–Kier alpha value is -1.96. The van der Waals surface area contributed by atoms with E-state index < -0.39 is 18.5 Å². The lowest BCUT2D eigenvalue weighted by Crippen LogP contribution is -2.39. The standard InChI is InChI=1S/C21H26O6/c1-24-17-9-7-16(8-10-17)12-25-14-18(22)21-19(11-20(23)27-21)26-13-15-5-3-2-4-6-15/h2-10,18-23H,11-14H2,1H3/t18-,19-,20+,21-/m1/s1. The predicted molar refractivity (Wildman–Crippen MR) is 99.2 cm³/mol. The lowest BCUT2D eigenvalue weighted by Gasteiger charge is -2.23. The fourth-order valence-electron chi connectivity index (χ4n) is 3.05. The minimum Gasteiger partial charge on any atom is -0.497 e. The minimum atomic E-state index is -0.938. The molecule has 0 saturated carbocycles. The van der Waals surface area contributed by atoms with Crippen LogP contribution in [0.2, 0.25) is 0 Å². The Balaban J connectivity index is 1.47. The van der Waals surface area contributed by atoms with Gasteiger partial charge in [-0.15, -0.1) is 0 Å². The molecule has 3 rings (SSSR count). The lowest BCUT2D eigenvalue weighted by atomic mass is 10.1. The van der Waals surface area contributed by atoms with E-state index in [4.69, 9.17) is 18.9 Å². The third kappa shape index (κ3) is 5.76. The number of methoxy groups -OCH3 is 1. The molecular formula is C21H26O6. The zero-order chi connectivity index (χ0) is 19.1. The second-order valence-corrected chi connectivity index (χ2v) is 6.56. The van der Waals surface area contributed by atoms with Crippen LogP contribution in [0.15, 0.2) is 54.6 Å². The fraction of sp³-hybridized carbons (Fsp3) is 0.429. The Morgan fingerprint density at radius 3 is 2.44 bits per heavy atom. The van der Waals surface area contributed by atoms with Crippen molar-refractivity contribution >= 4 is 0 Å². The van der Waals surface area contributed by atoms with Crippen molar-refractivity contribution < 1.29 is 29.2 Å². The van der Waals surface area contributed by atoms with E-state index in [0.29, 0.717) is 19.6 Å². The summed E-state index contributed by atoms with van der Waals surface area (Å²) in [4.78, 5) is 0. The van der Waals surface area contributed by atoms with E-state index in [2.05, 4.69) is 0 Å². The van der Waals surface area contributed by atoms with Crippen LogP contribution in [0.3, 0.4) is 0 Å². The molecule has 0 aliphatic carbocycles. The number of rotatable bonds is 9. The van der Waals surface area contributed by atoms with Crippen LogP contribution >= 0.6 is 0 Å². The van der Waals surface area contributed by atoms with Gasteiger partial charge in [0.05, 0.1) is 33.0 Å². The highest BCUT2D eigenvalue weighted by molar-refractivity contribution is 5.26. The molecule has 0 spiro atoms. The first-order chi connectivity index (χ1) is 13.2. The van der Waals surface area contributed by atoms with Gasteiger partial charge in [-0.1, -0.05) is 42.5 Å². The molecule has 0 bridgehead atoms. The molecule has 27 heavy (non-hydrogen) atoms. The molecule has 1 aliphatic heterocycles. The molecule has 1 saturated heterocycles. The quantitative estimate of drug-likeness (QED) is 0.701. The summed E-state index contributed by atoms with van der Waals surface area (Å²) in [5, 5.41) is 20.2. The number of benzene rings is 2. The van der Waals surface area contributed by atoms with E-state index >= 15 is 0 Å². The van der Waals surface area contributed by atoms with Gasteiger partial charge in [-0.25, -0.2) is 0 Å². The second kappa shape index (κ2) is 9.82. The Morgan fingerprint density at radius 2 is 1.74 bits per heavy atom. The Labute approximate surface area is 159 Å². The lowest BCUT2D eigenvalue weighted by molar-refractivity contribution is -0.148. The second-order valence-electron chi connectivity index (χ2n) is 6.56. The van der Waals surface area contributed by atoms with E-state index in [1.54, 1.807) is 7.11 Å². The van der Waals surface area contributed by atoms with Crippen LogP contribution in [0.25, 0.3) is 0 Å².